The summed E-state index contributed by atoms with van der Waals surface area (Å²) >= 11 is 0. The molecule has 32 heavy (non-hydrogen) atoms. The lowest BCUT2D eigenvalue weighted by molar-refractivity contribution is -0.149. The van der Waals surface area contributed by atoms with E-state index in [0.717, 1.165) is 22.6 Å². The molecule has 3 rings (SSSR count). The van der Waals surface area contributed by atoms with Crippen molar-refractivity contribution in [3.8, 4) is 17.0 Å². The van der Waals surface area contributed by atoms with Crippen LogP contribution in [0.3, 0.4) is 0 Å². The van der Waals surface area contributed by atoms with E-state index in [0.29, 0.717) is 32.1 Å². The maximum atomic E-state index is 13.3. The molecule has 1 atom stereocenters. The van der Waals surface area contributed by atoms with Crippen molar-refractivity contribution in [1.82, 2.24) is 4.57 Å². The highest BCUT2D eigenvalue weighted by molar-refractivity contribution is 5.72. The number of hydrogen-bond donors (Lipinski definition) is 1. The van der Waals surface area contributed by atoms with Crippen molar-refractivity contribution in [2.45, 2.75) is 45.8 Å². The van der Waals surface area contributed by atoms with Crippen molar-refractivity contribution < 1.29 is 23.8 Å². The van der Waals surface area contributed by atoms with Crippen LogP contribution in [0.5, 0.6) is 5.75 Å². The van der Waals surface area contributed by atoms with E-state index in [9.17, 15) is 14.3 Å². The third-order valence-corrected chi connectivity index (χ3v) is 5.32. The molecule has 0 saturated carbocycles. The van der Waals surface area contributed by atoms with E-state index in [1.54, 1.807) is 19.1 Å². The van der Waals surface area contributed by atoms with Gasteiger partial charge in [0.1, 0.15) is 18.2 Å². The first-order valence-electron chi connectivity index (χ1n) is 10.9. The normalized spacial score (nSPS) is 12.2. The summed E-state index contributed by atoms with van der Waals surface area (Å²) < 4.78 is 26.8. The van der Waals surface area contributed by atoms with E-state index in [4.69, 9.17) is 9.47 Å². The fourth-order valence-electron chi connectivity index (χ4n) is 3.72. The Morgan fingerprint density at radius 3 is 2.31 bits per heavy atom. The Bertz CT molecular complexity index is 1010. The zero-order valence-electron chi connectivity index (χ0n) is 18.8. The minimum atomic E-state index is -0.961. The molecular weight excluding hydrogens is 409 g/mol. The number of aromatic nitrogens is 1. The molecule has 6 heteroatoms. The Balaban J connectivity index is 1.65. The van der Waals surface area contributed by atoms with Crippen LogP contribution in [0.15, 0.2) is 60.7 Å². The monoisotopic (exact) mass is 439 g/mol. The standard InChI is InChI=1S/C26H30FNO4/c1-4-31-25(26(29)30)17-19-5-11-22(12-6-19)32-16-15-28-23(18(2)3)13-14-24(28)20-7-9-21(27)10-8-20/h5-14,18,25H,4,15-17H2,1-3H3,(H,29,30). The second kappa shape index (κ2) is 11.0. The summed E-state index contributed by atoms with van der Waals surface area (Å²) in [6.07, 6.45) is -0.536. The first kappa shape index (κ1) is 23.5. The van der Waals surface area contributed by atoms with Crippen LogP contribution in [0, 0.1) is 5.82 Å². The Hall–Kier alpha value is -3.12. The summed E-state index contributed by atoms with van der Waals surface area (Å²) in [5.41, 5.74) is 4.07. The number of halogens is 1. The largest absolute Gasteiger partial charge is 0.492 e. The zero-order valence-corrected chi connectivity index (χ0v) is 18.8. The molecule has 0 aliphatic carbocycles. The maximum Gasteiger partial charge on any atom is 0.333 e. The summed E-state index contributed by atoms with van der Waals surface area (Å²) in [6.45, 7) is 7.55. The molecule has 5 nitrogen and oxygen atoms in total. The van der Waals surface area contributed by atoms with Crippen LogP contribution in [0.2, 0.25) is 0 Å². The van der Waals surface area contributed by atoms with E-state index < -0.39 is 12.1 Å². The smallest absolute Gasteiger partial charge is 0.333 e. The minimum Gasteiger partial charge on any atom is -0.492 e. The number of aliphatic carboxylic acids is 1. The van der Waals surface area contributed by atoms with Gasteiger partial charge < -0.3 is 19.1 Å². The molecule has 0 fully saturated rings. The minimum absolute atomic E-state index is 0.251. The van der Waals surface area contributed by atoms with Gasteiger partial charge in [0.25, 0.3) is 0 Å². The lowest BCUT2D eigenvalue weighted by Crippen LogP contribution is -2.26. The molecule has 0 amide bonds. The molecule has 170 valence electrons. The number of carboxylic acid groups (broad SMARTS) is 1. The molecule has 3 aromatic rings. The third kappa shape index (κ3) is 5.98. The molecule has 0 bridgehead atoms. The fourth-order valence-corrected chi connectivity index (χ4v) is 3.72. The summed E-state index contributed by atoms with van der Waals surface area (Å²) in [7, 11) is 0. The van der Waals surface area contributed by atoms with Crippen LogP contribution >= 0.6 is 0 Å². The molecule has 1 heterocycles. The van der Waals surface area contributed by atoms with Crippen molar-refractivity contribution in [1.29, 1.82) is 0 Å². The van der Waals surface area contributed by atoms with Crippen LogP contribution in [-0.2, 0) is 22.5 Å². The van der Waals surface area contributed by atoms with Gasteiger partial charge in [-0.25, -0.2) is 9.18 Å². The van der Waals surface area contributed by atoms with Gasteiger partial charge in [-0.15, -0.1) is 0 Å². The van der Waals surface area contributed by atoms with E-state index in [1.807, 2.05) is 24.3 Å². The molecule has 1 N–H and O–H groups in total. The van der Waals surface area contributed by atoms with Crippen molar-refractivity contribution in [2.75, 3.05) is 13.2 Å². The summed E-state index contributed by atoms with van der Waals surface area (Å²) in [6, 6.07) is 18.1. The molecule has 0 spiro atoms. The molecule has 1 aromatic heterocycles. The molecule has 2 aromatic carbocycles. The molecule has 0 aliphatic rings. The Morgan fingerprint density at radius 1 is 1.03 bits per heavy atom. The van der Waals surface area contributed by atoms with Crippen LogP contribution in [0.4, 0.5) is 4.39 Å². The Labute approximate surface area is 188 Å². The van der Waals surface area contributed by atoms with Crippen LogP contribution < -0.4 is 4.74 Å². The van der Waals surface area contributed by atoms with Crippen LogP contribution in [0.25, 0.3) is 11.3 Å². The van der Waals surface area contributed by atoms with E-state index in [-0.39, 0.29) is 5.82 Å². The number of ether oxygens (including phenoxy) is 2. The molecular formula is C26H30FNO4. The number of carbonyl (C=O) groups is 1. The predicted octanol–water partition coefficient (Wildman–Crippen LogP) is 5.53. The van der Waals surface area contributed by atoms with Gasteiger partial charge in [0, 0.05) is 24.4 Å². The van der Waals surface area contributed by atoms with E-state index in [2.05, 4.69) is 30.5 Å². The Kier molecular flexibility index (Phi) is 8.06. The second-order valence-corrected chi connectivity index (χ2v) is 7.94. The highest BCUT2D eigenvalue weighted by atomic mass is 19.1. The number of hydrogen-bond acceptors (Lipinski definition) is 3. The van der Waals surface area contributed by atoms with Crippen molar-refractivity contribution in [3.63, 3.8) is 0 Å². The van der Waals surface area contributed by atoms with Crippen molar-refractivity contribution >= 4 is 5.97 Å². The number of benzene rings is 2. The van der Waals surface area contributed by atoms with Crippen molar-refractivity contribution in [3.05, 3.63) is 77.7 Å². The molecule has 0 radical (unpaired) electrons. The summed E-state index contributed by atoms with van der Waals surface area (Å²) in [5, 5.41) is 9.24. The predicted molar refractivity (Wildman–Crippen MR) is 123 cm³/mol. The van der Waals surface area contributed by atoms with Gasteiger partial charge in [-0.3, -0.25) is 0 Å². The molecule has 1 unspecified atom stereocenters. The zero-order chi connectivity index (χ0) is 23.1. The number of nitrogens with zero attached hydrogens (tertiary/aromatic N) is 1. The van der Waals surface area contributed by atoms with Gasteiger partial charge in [0.15, 0.2) is 6.10 Å². The second-order valence-electron chi connectivity index (χ2n) is 7.94. The first-order chi connectivity index (χ1) is 15.4. The number of carboxylic acids is 1. The molecule has 0 aliphatic heterocycles. The van der Waals surface area contributed by atoms with Gasteiger partial charge in [-0.05, 0) is 72.5 Å². The first-order valence-corrected chi connectivity index (χ1v) is 10.9. The van der Waals surface area contributed by atoms with Gasteiger partial charge >= 0.3 is 5.97 Å². The maximum absolute atomic E-state index is 13.3. The third-order valence-electron chi connectivity index (χ3n) is 5.32. The SMILES string of the molecule is CCOC(Cc1ccc(OCCn2c(-c3ccc(F)cc3)ccc2C(C)C)cc1)C(=O)O. The quantitative estimate of drug-likeness (QED) is 0.427. The molecule has 0 saturated heterocycles. The van der Waals surface area contributed by atoms with E-state index in [1.165, 1.54) is 17.8 Å². The lowest BCUT2D eigenvalue weighted by Gasteiger charge is -2.17. The van der Waals surface area contributed by atoms with Gasteiger partial charge in [0.2, 0.25) is 0 Å². The van der Waals surface area contributed by atoms with Gasteiger partial charge in [0.05, 0.1) is 6.54 Å². The Morgan fingerprint density at radius 2 is 1.72 bits per heavy atom. The lowest BCUT2D eigenvalue weighted by atomic mass is 10.1. The highest BCUT2D eigenvalue weighted by Crippen LogP contribution is 2.27. The summed E-state index contributed by atoms with van der Waals surface area (Å²) in [5.74, 6) is -0.148. The average molecular weight is 440 g/mol. The van der Waals surface area contributed by atoms with Crippen molar-refractivity contribution in [2.24, 2.45) is 0 Å². The number of rotatable bonds is 11. The topological polar surface area (TPSA) is 60.7 Å². The van der Waals surface area contributed by atoms with Crippen LogP contribution in [-0.4, -0.2) is 35.0 Å². The average Bonchev–Trinajstić information content (AvgIpc) is 3.19. The fraction of sp³-hybridized carbons (Fsp3) is 0.346. The van der Waals surface area contributed by atoms with E-state index >= 15 is 0 Å². The van der Waals surface area contributed by atoms with Gasteiger partial charge in [-0.2, -0.15) is 0 Å². The van der Waals surface area contributed by atoms with Crippen LogP contribution in [0.1, 0.15) is 37.9 Å². The summed E-state index contributed by atoms with van der Waals surface area (Å²) in [4.78, 5) is 11.3. The van der Waals surface area contributed by atoms with Gasteiger partial charge in [-0.1, -0.05) is 26.0 Å². The highest BCUT2D eigenvalue weighted by Gasteiger charge is 2.18.